The predicted octanol–water partition coefficient (Wildman–Crippen LogP) is 1.39. The van der Waals surface area contributed by atoms with Crippen molar-refractivity contribution in [2.45, 2.75) is 13.3 Å². The van der Waals surface area contributed by atoms with Gasteiger partial charge in [0.1, 0.15) is 5.82 Å². The molecule has 0 atom stereocenters. The monoisotopic (exact) mass is 231 g/mol. The first-order valence-electron chi connectivity index (χ1n) is 5.19. The molecule has 1 aromatic heterocycles. The number of rotatable bonds is 3. The number of hydrogen-bond donors (Lipinski definition) is 2. The van der Waals surface area contributed by atoms with Crippen LogP contribution in [0.5, 0.6) is 0 Å². The minimum absolute atomic E-state index is 0.113. The molecule has 5 nitrogen and oxygen atoms in total. The Morgan fingerprint density at radius 3 is 2.94 bits per heavy atom. The highest BCUT2D eigenvalue weighted by atomic mass is 16.4. The second-order valence-corrected chi connectivity index (χ2v) is 3.89. The second kappa shape index (κ2) is 4.29. The molecule has 2 rings (SSSR count). The Morgan fingerprint density at radius 2 is 2.29 bits per heavy atom. The quantitative estimate of drug-likeness (QED) is 0.836. The molecule has 0 bridgehead atoms. The molecule has 0 amide bonds. The van der Waals surface area contributed by atoms with E-state index in [1.807, 2.05) is 31.2 Å². The minimum atomic E-state index is -0.916. The number of carboxylic acids is 1. The highest BCUT2D eigenvalue weighted by molar-refractivity contribution is 5.72. The van der Waals surface area contributed by atoms with Crippen LogP contribution < -0.4 is 5.73 Å². The molecule has 0 aliphatic heterocycles. The van der Waals surface area contributed by atoms with Crippen LogP contribution in [0.25, 0.3) is 5.69 Å². The standard InChI is InChI=1S/C12H13N3O2/c1-8-3-2-4-10(5-8)15-7-9(6-11(16)17)12(13)14-15/h2-5,7H,6H2,1H3,(H2,13,14)(H,16,17). The van der Waals surface area contributed by atoms with Crippen LogP contribution in [0.2, 0.25) is 0 Å². The first kappa shape index (κ1) is 11.2. The maximum absolute atomic E-state index is 10.6. The molecule has 1 heterocycles. The summed E-state index contributed by atoms with van der Waals surface area (Å²) in [7, 11) is 0. The average molecular weight is 231 g/mol. The summed E-state index contributed by atoms with van der Waals surface area (Å²) in [5.74, 6) is -0.658. The summed E-state index contributed by atoms with van der Waals surface area (Å²) in [5.41, 5.74) is 8.17. The molecule has 17 heavy (non-hydrogen) atoms. The SMILES string of the molecule is Cc1cccc(-n2cc(CC(=O)O)c(N)n2)c1. The van der Waals surface area contributed by atoms with Gasteiger partial charge in [0.05, 0.1) is 12.1 Å². The number of aromatic nitrogens is 2. The molecule has 5 heteroatoms. The van der Waals surface area contributed by atoms with E-state index in [0.29, 0.717) is 5.56 Å². The van der Waals surface area contributed by atoms with Crippen molar-refractivity contribution < 1.29 is 9.90 Å². The number of anilines is 1. The summed E-state index contributed by atoms with van der Waals surface area (Å²) >= 11 is 0. The molecular formula is C12H13N3O2. The summed E-state index contributed by atoms with van der Waals surface area (Å²) in [6.45, 7) is 1.98. The third-order valence-electron chi connectivity index (χ3n) is 2.43. The van der Waals surface area contributed by atoms with Gasteiger partial charge < -0.3 is 10.8 Å². The van der Waals surface area contributed by atoms with Gasteiger partial charge in [-0.05, 0) is 24.6 Å². The molecule has 0 fully saturated rings. The molecule has 0 spiro atoms. The van der Waals surface area contributed by atoms with Crippen LogP contribution in [-0.4, -0.2) is 20.9 Å². The largest absolute Gasteiger partial charge is 0.481 e. The van der Waals surface area contributed by atoms with Crippen LogP contribution in [0.4, 0.5) is 5.82 Å². The number of aryl methyl sites for hydroxylation is 1. The molecule has 0 unspecified atom stereocenters. The molecule has 0 aliphatic rings. The van der Waals surface area contributed by atoms with Gasteiger partial charge in [-0.25, -0.2) is 4.68 Å². The molecule has 88 valence electrons. The zero-order valence-electron chi connectivity index (χ0n) is 9.42. The number of benzene rings is 1. The van der Waals surface area contributed by atoms with E-state index < -0.39 is 5.97 Å². The predicted molar refractivity (Wildman–Crippen MR) is 64.1 cm³/mol. The van der Waals surface area contributed by atoms with Crippen molar-refractivity contribution in [3.8, 4) is 5.69 Å². The lowest BCUT2D eigenvalue weighted by Gasteiger charge is -2.01. The van der Waals surface area contributed by atoms with Crippen molar-refractivity contribution in [1.82, 2.24) is 9.78 Å². The Balaban J connectivity index is 2.37. The zero-order valence-corrected chi connectivity index (χ0v) is 9.42. The number of nitrogen functional groups attached to an aromatic ring is 1. The van der Waals surface area contributed by atoms with Crippen molar-refractivity contribution in [2.24, 2.45) is 0 Å². The second-order valence-electron chi connectivity index (χ2n) is 3.89. The van der Waals surface area contributed by atoms with Crippen LogP contribution in [0.15, 0.2) is 30.5 Å². The number of nitrogens with two attached hydrogens (primary N) is 1. The van der Waals surface area contributed by atoms with Gasteiger partial charge in [-0.1, -0.05) is 12.1 Å². The zero-order chi connectivity index (χ0) is 12.4. The normalized spacial score (nSPS) is 10.4. The fourth-order valence-corrected chi connectivity index (χ4v) is 1.62. The Hall–Kier alpha value is -2.30. The first-order valence-corrected chi connectivity index (χ1v) is 5.19. The van der Waals surface area contributed by atoms with Crippen LogP contribution in [0.3, 0.4) is 0 Å². The van der Waals surface area contributed by atoms with E-state index in [0.717, 1.165) is 11.3 Å². The summed E-state index contributed by atoms with van der Waals surface area (Å²) in [6, 6.07) is 7.74. The maximum atomic E-state index is 10.6. The maximum Gasteiger partial charge on any atom is 0.308 e. The van der Waals surface area contributed by atoms with Gasteiger partial charge in [-0.15, -0.1) is 0 Å². The fourth-order valence-electron chi connectivity index (χ4n) is 1.62. The van der Waals surface area contributed by atoms with Gasteiger partial charge in [-0.3, -0.25) is 4.79 Å². The molecule has 0 radical (unpaired) electrons. The number of carbonyl (C=O) groups is 1. The highest BCUT2D eigenvalue weighted by Crippen LogP contribution is 2.15. The van der Waals surface area contributed by atoms with E-state index in [1.54, 1.807) is 10.9 Å². The van der Waals surface area contributed by atoms with Gasteiger partial charge in [0.2, 0.25) is 0 Å². The summed E-state index contributed by atoms with van der Waals surface area (Å²) in [6.07, 6.45) is 1.54. The van der Waals surface area contributed by atoms with Crippen molar-refractivity contribution >= 4 is 11.8 Å². The third-order valence-corrected chi connectivity index (χ3v) is 2.43. The lowest BCUT2D eigenvalue weighted by atomic mass is 10.2. The van der Waals surface area contributed by atoms with E-state index in [4.69, 9.17) is 10.8 Å². The molecule has 3 N–H and O–H groups in total. The summed E-state index contributed by atoms with van der Waals surface area (Å²) < 4.78 is 1.60. The Labute approximate surface area is 98.5 Å². The van der Waals surface area contributed by atoms with Gasteiger partial charge in [0.25, 0.3) is 0 Å². The summed E-state index contributed by atoms with van der Waals surface area (Å²) in [4.78, 5) is 10.6. The molecule has 0 saturated heterocycles. The van der Waals surface area contributed by atoms with Crippen molar-refractivity contribution in [3.05, 3.63) is 41.6 Å². The Morgan fingerprint density at radius 1 is 1.53 bits per heavy atom. The van der Waals surface area contributed by atoms with E-state index in [-0.39, 0.29) is 12.2 Å². The van der Waals surface area contributed by atoms with Gasteiger partial charge in [-0.2, -0.15) is 5.10 Å². The lowest BCUT2D eigenvalue weighted by molar-refractivity contribution is -0.136. The third kappa shape index (κ3) is 2.44. The number of hydrogen-bond acceptors (Lipinski definition) is 3. The van der Waals surface area contributed by atoms with Crippen molar-refractivity contribution in [3.63, 3.8) is 0 Å². The van der Waals surface area contributed by atoms with Crippen LogP contribution >= 0.6 is 0 Å². The minimum Gasteiger partial charge on any atom is -0.481 e. The van der Waals surface area contributed by atoms with Crippen LogP contribution in [-0.2, 0) is 11.2 Å². The van der Waals surface area contributed by atoms with Crippen molar-refractivity contribution in [2.75, 3.05) is 5.73 Å². The molecule has 0 aliphatic carbocycles. The summed E-state index contributed by atoms with van der Waals surface area (Å²) in [5, 5.41) is 12.8. The van der Waals surface area contributed by atoms with Crippen LogP contribution in [0.1, 0.15) is 11.1 Å². The lowest BCUT2D eigenvalue weighted by Crippen LogP contribution is -2.01. The van der Waals surface area contributed by atoms with Crippen LogP contribution in [0, 0.1) is 6.92 Å². The molecule has 0 saturated carbocycles. The van der Waals surface area contributed by atoms with E-state index in [1.165, 1.54) is 0 Å². The molecule has 1 aromatic carbocycles. The van der Waals surface area contributed by atoms with Gasteiger partial charge >= 0.3 is 5.97 Å². The Kier molecular flexibility index (Phi) is 2.82. The molecular weight excluding hydrogens is 218 g/mol. The number of aliphatic carboxylic acids is 1. The first-order chi connectivity index (χ1) is 8.06. The van der Waals surface area contributed by atoms with E-state index in [9.17, 15) is 4.79 Å². The highest BCUT2D eigenvalue weighted by Gasteiger charge is 2.10. The molecule has 2 aromatic rings. The fraction of sp³-hybridized carbons (Fsp3) is 0.167. The number of carboxylic acid groups (broad SMARTS) is 1. The van der Waals surface area contributed by atoms with E-state index in [2.05, 4.69) is 5.10 Å². The number of nitrogens with zero attached hydrogens (tertiary/aromatic N) is 2. The van der Waals surface area contributed by atoms with Gasteiger partial charge in [0.15, 0.2) is 0 Å². The van der Waals surface area contributed by atoms with E-state index >= 15 is 0 Å². The van der Waals surface area contributed by atoms with Gasteiger partial charge in [0, 0.05) is 11.8 Å². The Bertz CT molecular complexity index is 561. The smallest absolute Gasteiger partial charge is 0.308 e. The topological polar surface area (TPSA) is 81.1 Å². The average Bonchev–Trinajstić information content (AvgIpc) is 2.59. The van der Waals surface area contributed by atoms with Crippen molar-refractivity contribution in [1.29, 1.82) is 0 Å².